The van der Waals surface area contributed by atoms with E-state index in [1.807, 2.05) is 79.7 Å². The van der Waals surface area contributed by atoms with Crippen molar-refractivity contribution < 1.29 is 9.72 Å². The molecule has 0 aromatic heterocycles. The van der Waals surface area contributed by atoms with Crippen LogP contribution in [0.25, 0.3) is 0 Å². The van der Waals surface area contributed by atoms with Crippen LogP contribution < -0.4 is 0 Å². The minimum absolute atomic E-state index is 0.142. The summed E-state index contributed by atoms with van der Waals surface area (Å²) in [6, 6.07) is 14.7. The molecule has 2 rings (SSSR count). The standard InChI is InChI=1S/C20H18BrN3O3.3C2H6/c1-20(2,13-22)15-5-3-14(4-6-15)11-19(25)17-12-16(21)7-8-18(17)23-9-10-24(26)27;3*1-2/h3-9,12H,10-11H2,1-2H3;3*1-2H3. The van der Waals surface area contributed by atoms with Gasteiger partial charge in [0.25, 0.3) is 0 Å². The highest BCUT2D eigenvalue weighted by Gasteiger charge is 2.19. The summed E-state index contributed by atoms with van der Waals surface area (Å²) in [4.78, 5) is 26.8. The number of nitro groups is 1. The normalized spacial score (nSPS) is 9.82. The van der Waals surface area contributed by atoms with Crippen molar-refractivity contribution in [2.75, 3.05) is 6.54 Å². The number of hydrogen-bond acceptors (Lipinski definition) is 5. The minimum atomic E-state index is -0.592. The van der Waals surface area contributed by atoms with Gasteiger partial charge in [-0.25, -0.2) is 0 Å². The van der Waals surface area contributed by atoms with E-state index in [0.717, 1.165) is 15.6 Å². The number of aliphatic imine (C=N–C) groups is 1. The van der Waals surface area contributed by atoms with E-state index in [9.17, 15) is 20.2 Å². The Balaban J connectivity index is 0. The first-order valence-corrected chi connectivity index (χ1v) is 12.0. The lowest BCUT2D eigenvalue weighted by Crippen LogP contribution is -2.13. The summed E-state index contributed by atoms with van der Waals surface area (Å²) in [7, 11) is 0. The number of Topliss-reactive ketones (excluding diaryl/α,β-unsaturated/α-hetero) is 1. The second kappa shape index (κ2) is 17.7. The molecule has 2 aromatic carbocycles. The molecule has 0 unspecified atom stereocenters. The lowest BCUT2D eigenvalue weighted by atomic mass is 9.85. The van der Waals surface area contributed by atoms with Gasteiger partial charge >= 0.3 is 0 Å². The third kappa shape index (κ3) is 11.5. The van der Waals surface area contributed by atoms with Crippen molar-refractivity contribution >= 4 is 33.6 Å². The highest BCUT2D eigenvalue weighted by molar-refractivity contribution is 9.10. The van der Waals surface area contributed by atoms with Crippen molar-refractivity contribution in [3.8, 4) is 6.07 Å². The van der Waals surface area contributed by atoms with Crippen molar-refractivity contribution in [3.05, 3.63) is 73.7 Å². The zero-order valence-electron chi connectivity index (χ0n) is 21.0. The van der Waals surface area contributed by atoms with Crippen LogP contribution in [0.1, 0.15) is 76.9 Å². The molecule has 0 heterocycles. The number of nitrogens with zero attached hydrogens (tertiary/aromatic N) is 3. The van der Waals surface area contributed by atoms with Crippen LogP contribution in [0.2, 0.25) is 0 Å². The number of halogens is 1. The molecule has 0 N–H and O–H groups in total. The number of carbonyl (C=O) groups excluding carboxylic acids is 1. The predicted octanol–water partition coefficient (Wildman–Crippen LogP) is 7.73. The molecule has 0 fully saturated rings. The molecule has 0 atom stereocenters. The van der Waals surface area contributed by atoms with E-state index >= 15 is 0 Å². The Hall–Kier alpha value is -2.85. The summed E-state index contributed by atoms with van der Waals surface area (Å²) < 4.78 is 0.727. The fraction of sp³-hybridized carbons (Fsp3) is 0.423. The van der Waals surface area contributed by atoms with Gasteiger partial charge in [-0.05, 0) is 43.2 Å². The molecule has 0 saturated carbocycles. The average Bonchev–Trinajstić information content (AvgIpc) is 2.84. The van der Waals surface area contributed by atoms with Crippen LogP contribution in [0.15, 0.2) is 51.9 Å². The van der Waals surface area contributed by atoms with Gasteiger partial charge < -0.3 is 0 Å². The first-order chi connectivity index (χ1) is 15.7. The molecule has 0 radical (unpaired) electrons. The zero-order valence-corrected chi connectivity index (χ0v) is 22.6. The lowest BCUT2D eigenvalue weighted by Gasteiger charge is -2.16. The first kappa shape index (κ1) is 32.3. The molecule has 0 bridgehead atoms. The SMILES string of the molecule is CC.CC.CC.CC(C)(C#N)c1ccc(CC(=O)c2cc(Br)ccc2N=CC[N+](=O)[O-])cc1. The van der Waals surface area contributed by atoms with E-state index in [0.29, 0.717) is 11.3 Å². The fourth-order valence-electron chi connectivity index (χ4n) is 2.43. The quantitative estimate of drug-likeness (QED) is 0.162. The maximum atomic E-state index is 12.7. The highest BCUT2D eigenvalue weighted by atomic mass is 79.9. The van der Waals surface area contributed by atoms with Gasteiger partial charge in [-0.2, -0.15) is 5.26 Å². The molecule has 0 aliphatic rings. The molecular formula is C26H36BrN3O3. The van der Waals surface area contributed by atoms with E-state index in [-0.39, 0.29) is 12.2 Å². The fourth-order valence-corrected chi connectivity index (χ4v) is 2.80. The van der Waals surface area contributed by atoms with E-state index in [2.05, 4.69) is 27.0 Å². The Labute approximate surface area is 207 Å². The van der Waals surface area contributed by atoms with Crippen molar-refractivity contribution in [1.82, 2.24) is 0 Å². The van der Waals surface area contributed by atoms with E-state index in [4.69, 9.17) is 0 Å². The summed E-state index contributed by atoms with van der Waals surface area (Å²) >= 11 is 3.34. The van der Waals surface area contributed by atoms with Gasteiger partial charge in [-0.1, -0.05) is 81.7 Å². The van der Waals surface area contributed by atoms with Crippen LogP contribution in [0.3, 0.4) is 0 Å². The van der Waals surface area contributed by atoms with Crippen LogP contribution in [0.4, 0.5) is 5.69 Å². The molecule has 0 amide bonds. The van der Waals surface area contributed by atoms with Gasteiger partial charge in [0, 0.05) is 21.4 Å². The smallest absolute Gasteiger partial charge is 0.238 e. The van der Waals surface area contributed by atoms with Gasteiger partial charge in [-0.15, -0.1) is 0 Å². The first-order valence-electron chi connectivity index (χ1n) is 11.2. The number of rotatable bonds is 7. The highest BCUT2D eigenvalue weighted by Crippen LogP contribution is 2.26. The van der Waals surface area contributed by atoms with Crippen molar-refractivity contribution in [1.29, 1.82) is 5.26 Å². The maximum Gasteiger partial charge on any atom is 0.238 e. The van der Waals surface area contributed by atoms with Gasteiger partial charge in [-0.3, -0.25) is 19.9 Å². The molecular weight excluding hydrogens is 482 g/mol. The number of nitriles is 1. The molecule has 33 heavy (non-hydrogen) atoms. The summed E-state index contributed by atoms with van der Waals surface area (Å²) in [6.45, 7) is 15.3. The monoisotopic (exact) mass is 517 g/mol. The Kier molecular flexibility index (Phi) is 17.3. The second-order valence-corrected chi connectivity index (χ2v) is 7.44. The van der Waals surface area contributed by atoms with Crippen LogP contribution in [-0.4, -0.2) is 23.5 Å². The van der Waals surface area contributed by atoms with Crippen LogP contribution in [-0.2, 0) is 11.8 Å². The van der Waals surface area contributed by atoms with E-state index < -0.39 is 16.9 Å². The summed E-state index contributed by atoms with van der Waals surface area (Å²) in [5.74, 6) is -0.142. The molecule has 6 nitrogen and oxygen atoms in total. The molecule has 0 aliphatic carbocycles. The van der Waals surface area contributed by atoms with E-state index in [1.54, 1.807) is 18.2 Å². The van der Waals surface area contributed by atoms with Gasteiger partial charge in [0.1, 0.15) is 0 Å². The predicted molar refractivity (Wildman–Crippen MR) is 141 cm³/mol. The van der Waals surface area contributed by atoms with Crippen molar-refractivity contribution in [2.45, 2.75) is 67.2 Å². The Bertz CT molecular complexity index is 931. The van der Waals surface area contributed by atoms with Crippen LogP contribution >= 0.6 is 15.9 Å². The average molecular weight is 518 g/mol. The molecule has 180 valence electrons. The Morgan fingerprint density at radius 2 is 1.64 bits per heavy atom. The van der Waals surface area contributed by atoms with Gasteiger partial charge in [0.2, 0.25) is 6.54 Å². The molecule has 0 saturated heterocycles. The number of carbonyl (C=O) groups is 1. The van der Waals surface area contributed by atoms with Crippen LogP contribution in [0.5, 0.6) is 0 Å². The number of benzene rings is 2. The number of hydrogen-bond donors (Lipinski definition) is 0. The molecule has 0 aliphatic heterocycles. The topological polar surface area (TPSA) is 96.4 Å². The summed E-state index contributed by atoms with van der Waals surface area (Å²) in [5.41, 5.74) is 1.90. The zero-order chi connectivity index (χ0) is 26.0. The largest absolute Gasteiger partial charge is 0.294 e. The van der Waals surface area contributed by atoms with Gasteiger partial charge in [0.05, 0.1) is 23.4 Å². The van der Waals surface area contributed by atoms with E-state index in [1.165, 1.54) is 6.21 Å². The maximum absolute atomic E-state index is 12.7. The molecule has 0 spiro atoms. The Morgan fingerprint density at radius 1 is 1.09 bits per heavy atom. The van der Waals surface area contributed by atoms with Crippen molar-refractivity contribution in [3.63, 3.8) is 0 Å². The second-order valence-electron chi connectivity index (χ2n) is 6.52. The number of ketones is 1. The van der Waals surface area contributed by atoms with Crippen LogP contribution in [0, 0.1) is 21.4 Å². The Morgan fingerprint density at radius 3 is 2.12 bits per heavy atom. The lowest BCUT2D eigenvalue weighted by molar-refractivity contribution is -0.462. The molecule has 2 aromatic rings. The van der Waals surface area contributed by atoms with Gasteiger partial charge in [0.15, 0.2) is 5.78 Å². The minimum Gasteiger partial charge on any atom is -0.294 e. The summed E-state index contributed by atoms with van der Waals surface area (Å²) in [6.07, 6.45) is 1.35. The third-order valence-corrected chi connectivity index (χ3v) is 4.53. The van der Waals surface area contributed by atoms with Crippen molar-refractivity contribution in [2.24, 2.45) is 4.99 Å². The summed E-state index contributed by atoms with van der Waals surface area (Å²) in [5, 5.41) is 19.7. The third-order valence-electron chi connectivity index (χ3n) is 4.04. The molecule has 7 heteroatoms.